The Morgan fingerprint density at radius 2 is 1.06 bits per heavy atom. The molecule has 0 atom stereocenters. The first kappa shape index (κ1) is 30.9. The van der Waals surface area contributed by atoms with Crippen LogP contribution < -0.4 is 0 Å². The van der Waals surface area contributed by atoms with Gasteiger partial charge in [-0.25, -0.2) is 0 Å². The summed E-state index contributed by atoms with van der Waals surface area (Å²) in [5.74, 6) is 0. The predicted molar refractivity (Wildman–Crippen MR) is 102 cm³/mol. The maximum atomic E-state index is 13.3. The Balaban J connectivity index is 0.000000369. The molecule has 0 aliphatic carbocycles. The molecule has 3 rings (SSSR count). The summed E-state index contributed by atoms with van der Waals surface area (Å²) in [6.07, 6.45) is -4.51. The van der Waals surface area contributed by atoms with Crippen molar-refractivity contribution in [2.75, 3.05) is 0 Å². The standard InChI is InChI=1S/C17H16F3O.11FH.2Sb/c1-16(2,3)11-8-9-15-13(10-11)12-6-4-5-7-14(12)21(15)17(18,19)20;;;;;;;;;;;;;/h4-10H,1-3H3;11*1H;;/q+1;;;;;;;;;;;;2*+5/p-11. The number of hydrogen-bond acceptors (Lipinski definition) is 0. The van der Waals surface area contributed by atoms with Gasteiger partial charge in [0.1, 0.15) is 0 Å². The number of halogens is 14. The van der Waals surface area contributed by atoms with Gasteiger partial charge < -0.3 is 4.05 Å². The molecular weight excluding hydrogens is 730 g/mol. The first-order chi connectivity index (χ1) is 14.4. The molecule has 0 aliphatic heterocycles. The molecule has 0 saturated heterocycles. The maximum absolute atomic E-state index is 13.3. The Morgan fingerprint density at radius 1 is 0.676 bits per heavy atom. The van der Waals surface area contributed by atoms with E-state index in [4.69, 9.17) is 0 Å². The molecule has 3 aromatic rings. The number of rotatable bonds is 0. The van der Waals surface area contributed by atoms with E-state index in [1.807, 2.05) is 26.8 Å². The van der Waals surface area contributed by atoms with Crippen molar-refractivity contribution in [2.24, 2.45) is 0 Å². The van der Waals surface area contributed by atoms with Crippen molar-refractivity contribution in [3.8, 4) is 0 Å². The van der Waals surface area contributed by atoms with Crippen molar-refractivity contribution in [1.82, 2.24) is 0 Å². The second kappa shape index (κ2) is 8.21. The molecule has 0 spiro atoms. The molecule has 198 valence electrons. The molecule has 0 N–H and O–H groups in total. The van der Waals surface area contributed by atoms with Gasteiger partial charge in [0.2, 0.25) is 0 Å². The molecule has 34 heavy (non-hydrogen) atoms. The fourth-order valence-corrected chi connectivity index (χ4v) is 2.62. The normalized spacial score (nSPS) is 16.3. The monoisotopic (exact) mass is 744 g/mol. The third kappa shape index (κ3) is 12.6. The quantitative estimate of drug-likeness (QED) is 0.123. The van der Waals surface area contributed by atoms with E-state index >= 15 is 0 Å². The summed E-state index contributed by atoms with van der Waals surface area (Å²) in [6, 6.07) is 11.7. The number of furan rings is 1. The minimum absolute atomic E-state index is 0.111. The van der Waals surface area contributed by atoms with E-state index in [2.05, 4.69) is 0 Å². The molecule has 0 radical (unpaired) electrons. The van der Waals surface area contributed by atoms with E-state index in [-0.39, 0.29) is 16.6 Å². The van der Waals surface area contributed by atoms with Gasteiger partial charge in [-0.15, -0.1) is 0 Å². The number of fused-ring (bicyclic) bond motifs is 3. The summed E-state index contributed by atoms with van der Waals surface area (Å²) in [5, 5.41) is 1.21. The van der Waals surface area contributed by atoms with Gasteiger partial charge in [-0.05, 0) is 29.2 Å². The topological polar surface area (TPSA) is 2.70 Å². The number of hydrogen-bond donors (Lipinski definition) is 0. The van der Waals surface area contributed by atoms with Gasteiger partial charge in [0.15, 0.2) is 0 Å². The molecule has 17 heteroatoms. The van der Waals surface area contributed by atoms with Crippen molar-refractivity contribution in [3.05, 3.63) is 48.0 Å². The van der Waals surface area contributed by atoms with E-state index in [9.17, 15) is 44.1 Å². The fraction of sp³-hybridized carbons (Fsp3) is 0.294. The third-order valence-electron chi connectivity index (χ3n) is 3.69. The van der Waals surface area contributed by atoms with Crippen LogP contribution in [-0.2, 0) is 11.8 Å². The van der Waals surface area contributed by atoms with Gasteiger partial charge >= 0.3 is 77.1 Å². The summed E-state index contributed by atoms with van der Waals surface area (Å²) < 4.78 is 151. The van der Waals surface area contributed by atoms with E-state index in [1.54, 1.807) is 24.3 Å². The minimum atomic E-state index is -11.2. The van der Waals surface area contributed by atoms with Crippen molar-refractivity contribution in [3.63, 3.8) is 0 Å². The van der Waals surface area contributed by atoms with Crippen LogP contribution in [0.25, 0.3) is 21.9 Å². The van der Waals surface area contributed by atoms with E-state index in [1.165, 1.54) is 16.2 Å². The van der Waals surface area contributed by atoms with E-state index in [0.29, 0.717) is 10.8 Å². The molecular formula is C17H16F14OSb2. The Kier molecular flexibility index (Phi) is 7.47. The average molecular weight is 746 g/mol. The number of para-hydroxylation sites is 1. The molecule has 2 aromatic carbocycles. The Hall–Kier alpha value is -1.10. The van der Waals surface area contributed by atoms with E-state index < -0.39 is 46.1 Å². The molecule has 0 unspecified atom stereocenters. The molecule has 1 aromatic heterocycles. The second-order valence-corrected chi connectivity index (χ2v) is 16.9. The van der Waals surface area contributed by atoms with Gasteiger partial charge in [0.25, 0.3) is 11.2 Å². The van der Waals surface area contributed by atoms with Crippen molar-refractivity contribution >= 4 is 61.7 Å². The average Bonchev–Trinajstić information content (AvgIpc) is 2.82. The van der Waals surface area contributed by atoms with Crippen LogP contribution in [-0.4, -0.2) is 39.8 Å². The van der Waals surface area contributed by atoms with Crippen LogP contribution in [0.15, 0.2) is 46.5 Å². The molecule has 1 heterocycles. The number of alkyl halides is 3. The zero-order chi connectivity index (χ0) is 27.3. The Morgan fingerprint density at radius 3 is 1.44 bits per heavy atom. The van der Waals surface area contributed by atoms with Crippen LogP contribution >= 0.6 is 0 Å². The summed E-state index contributed by atoms with van der Waals surface area (Å²) >= 11 is -20.4. The van der Waals surface area contributed by atoms with Crippen LogP contribution in [0.2, 0.25) is 0 Å². The number of benzene rings is 2. The summed E-state index contributed by atoms with van der Waals surface area (Å²) in [7, 11) is 0. The second-order valence-electron chi connectivity index (χ2n) is 7.81. The Labute approximate surface area is 190 Å². The predicted octanol–water partition coefficient (Wildman–Crippen LogP) is 9.91. The molecule has 0 aliphatic rings. The first-order valence-corrected chi connectivity index (χ1v) is 19.2. The third-order valence-corrected chi connectivity index (χ3v) is 3.69. The Bertz CT molecular complexity index is 1150. The van der Waals surface area contributed by atoms with Crippen LogP contribution in [0.5, 0.6) is 0 Å². The molecule has 0 fully saturated rings. The van der Waals surface area contributed by atoms with Gasteiger partial charge in [-0.2, -0.15) is 0 Å². The SMILES string of the molecule is CC(C)(C)c1ccc2c(c1)c1ccccc1[o+]2C(F)(F)F.[F][Sb-]([F])([F])([F])([F])[F].[F][Sb]([F])([F])([F])[F]. The molecule has 0 bridgehead atoms. The molecule has 1 nitrogen and oxygen atoms in total. The summed E-state index contributed by atoms with van der Waals surface area (Å²) in [4.78, 5) is 0. The van der Waals surface area contributed by atoms with Crippen LogP contribution in [0.1, 0.15) is 26.3 Å². The molecule has 0 amide bonds. The fourth-order valence-electron chi connectivity index (χ4n) is 2.62. The summed E-state index contributed by atoms with van der Waals surface area (Å²) in [5.41, 5.74) is 1.14. The van der Waals surface area contributed by atoms with Crippen molar-refractivity contribution < 1.29 is 48.2 Å². The van der Waals surface area contributed by atoms with Crippen LogP contribution in [0.3, 0.4) is 0 Å². The van der Waals surface area contributed by atoms with Gasteiger partial charge in [-0.3, -0.25) is 0 Å². The van der Waals surface area contributed by atoms with Crippen molar-refractivity contribution in [1.29, 1.82) is 0 Å². The molecule has 0 saturated carbocycles. The van der Waals surface area contributed by atoms with Crippen LogP contribution in [0.4, 0.5) is 44.1 Å². The first-order valence-electron chi connectivity index (χ1n) is 8.60. The van der Waals surface area contributed by atoms with Crippen molar-refractivity contribution in [2.45, 2.75) is 32.5 Å². The van der Waals surface area contributed by atoms with Gasteiger partial charge in [0.05, 0.1) is 10.8 Å². The van der Waals surface area contributed by atoms with Gasteiger partial charge in [-0.1, -0.05) is 46.1 Å². The summed E-state index contributed by atoms with van der Waals surface area (Å²) in [6.45, 7) is 6.14. The van der Waals surface area contributed by atoms with Crippen LogP contribution in [0, 0.1) is 0 Å². The van der Waals surface area contributed by atoms with Gasteiger partial charge in [0, 0.05) is 12.1 Å². The zero-order valence-corrected chi connectivity index (χ0v) is 22.2. The zero-order valence-electron chi connectivity index (χ0n) is 17.1. The van der Waals surface area contributed by atoms with E-state index in [0.717, 1.165) is 5.56 Å².